The van der Waals surface area contributed by atoms with Crippen LogP contribution in [0.1, 0.15) is 31.2 Å². The Morgan fingerprint density at radius 1 is 1.13 bits per heavy atom. The Bertz CT molecular complexity index is 1030. The van der Waals surface area contributed by atoms with Crippen molar-refractivity contribution in [3.8, 4) is 11.3 Å². The summed E-state index contributed by atoms with van der Waals surface area (Å²) >= 11 is 0. The number of amides is 1. The highest BCUT2D eigenvalue weighted by atomic mass is 19.1. The van der Waals surface area contributed by atoms with E-state index in [1.165, 1.54) is 24.3 Å². The maximum absolute atomic E-state index is 13.9. The van der Waals surface area contributed by atoms with Gasteiger partial charge in [-0.05, 0) is 91.7 Å². The van der Waals surface area contributed by atoms with Crippen LogP contribution in [0.3, 0.4) is 0 Å². The Morgan fingerprint density at radius 3 is 2.67 bits per heavy atom. The Balaban J connectivity index is 1.58. The fourth-order valence-electron chi connectivity index (χ4n) is 4.50. The third-order valence-electron chi connectivity index (χ3n) is 6.04. The summed E-state index contributed by atoms with van der Waals surface area (Å²) in [6.07, 6.45) is 3.92. The maximum Gasteiger partial charge on any atom is 0.222 e. The van der Waals surface area contributed by atoms with Crippen LogP contribution in [-0.4, -0.2) is 35.4 Å². The molecule has 0 bridgehead atoms. The van der Waals surface area contributed by atoms with Crippen LogP contribution in [0.2, 0.25) is 0 Å². The van der Waals surface area contributed by atoms with Gasteiger partial charge < -0.3 is 15.6 Å². The number of hydrogen-bond donors (Lipinski definition) is 2. The van der Waals surface area contributed by atoms with Crippen molar-refractivity contribution in [3.63, 3.8) is 0 Å². The first-order valence-corrected chi connectivity index (χ1v) is 10.6. The highest BCUT2D eigenvalue weighted by Gasteiger charge is 2.24. The molecule has 0 saturated carbocycles. The highest BCUT2D eigenvalue weighted by Crippen LogP contribution is 2.32. The number of nitrogens with two attached hydrogens (primary N) is 1. The quantitative estimate of drug-likeness (QED) is 0.621. The molecule has 2 heterocycles. The number of likely N-dealkylation sites (tertiary alicyclic amines) is 1. The predicted octanol–water partition coefficient (Wildman–Crippen LogP) is 4.63. The molecule has 4 rings (SSSR count). The number of nitrogens with one attached hydrogen (secondary N) is 1. The Morgan fingerprint density at radius 2 is 1.90 bits per heavy atom. The van der Waals surface area contributed by atoms with E-state index < -0.39 is 0 Å². The molecule has 6 heteroatoms. The van der Waals surface area contributed by atoms with Crippen molar-refractivity contribution < 1.29 is 13.6 Å². The Kier molecular flexibility index (Phi) is 6.13. The number of fused-ring (bicyclic) bond motifs is 1. The van der Waals surface area contributed by atoms with Gasteiger partial charge in [-0.2, -0.15) is 0 Å². The number of benzene rings is 2. The van der Waals surface area contributed by atoms with Crippen molar-refractivity contribution in [2.24, 2.45) is 11.7 Å². The van der Waals surface area contributed by atoms with E-state index in [1.807, 2.05) is 4.90 Å². The summed E-state index contributed by atoms with van der Waals surface area (Å²) in [7, 11) is 0. The molecule has 1 aromatic heterocycles. The summed E-state index contributed by atoms with van der Waals surface area (Å²) in [5, 5.41) is 0.766. The number of halogens is 2. The number of carbonyl (C=O) groups excluding carboxylic acids is 1. The number of piperidine rings is 1. The fourth-order valence-corrected chi connectivity index (χ4v) is 4.50. The minimum Gasteiger partial charge on any atom is -0.354 e. The first-order valence-electron chi connectivity index (χ1n) is 10.6. The van der Waals surface area contributed by atoms with E-state index in [4.69, 9.17) is 5.73 Å². The van der Waals surface area contributed by atoms with E-state index in [1.54, 1.807) is 18.2 Å². The largest absolute Gasteiger partial charge is 0.354 e. The molecule has 4 nitrogen and oxygen atoms in total. The summed E-state index contributed by atoms with van der Waals surface area (Å²) in [5.41, 5.74) is 9.01. The second kappa shape index (κ2) is 8.96. The number of aromatic nitrogens is 1. The topological polar surface area (TPSA) is 62.1 Å². The highest BCUT2D eigenvalue weighted by molar-refractivity contribution is 5.91. The fraction of sp³-hybridized carbons (Fsp3) is 0.375. The zero-order valence-electron chi connectivity index (χ0n) is 17.0. The van der Waals surface area contributed by atoms with Gasteiger partial charge in [0.25, 0.3) is 0 Å². The number of aromatic amines is 1. The number of nitrogens with zero attached hydrogens (tertiary/aromatic N) is 1. The molecule has 1 fully saturated rings. The van der Waals surface area contributed by atoms with Crippen LogP contribution in [-0.2, 0) is 11.2 Å². The van der Waals surface area contributed by atoms with E-state index in [2.05, 4.69) is 4.98 Å². The van der Waals surface area contributed by atoms with Crippen molar-refractivity contribution in [1.29, 1.82) is 0 Å². The second-order valence-corrected chi connectivity index (χ2v) is 8.10. The minimum atomic E-state index is -0.319. The van der Waals surface area contributed by atoms with Crippen LogP contribution in [0, 0.1) is 17.6 Å². The van der Waals surface area contributed by atoms with Crippen LogP contribution < -0.4 is 5.73 Å². The van der Waals surface area contributed by atoms with E-state index in [0.29, 0.717) is 25.3 Å². The summed E-state index contributed by atoms with van der Waals surface area (Å²) in [6, 6.07) is 10.8. The van der Waals surface area contributed by atoms with E-state index in [-0.39, 0.29) is 17.5 Å². The first-order chi connectivity index (χ1) is 14.5. The molecule has 0 radical (unpaired) electrons. The third-order valence-corrected chi connectivity index (χ3v) is 6.04. The lowest BCUT2D eigenvalue weighted by atomic mass is 9.94. The summed E-state index contributed by atoms with van der Waals surface area (Å²) in [6.45, 7) is 2.20. The molecule has 1 aliphatic rings. The van der Waals surface area contributed by atoms with Crippen molar-refractivity contribution in [2.45, 2.75) is 32.1 Å². The van der Waals surface area contributed by atoms with Crippen molar-refractivity contribution in [3.05, 3.63) is 59.7 Å². The smallest absolute Gasteiger partial charge is 0.222 e. The molecule has 0 spiro atoms. The lowest BCUT2D eigenvalue weighted by Crippen LogP contribution is -2.40. The summed E-state index contributed by atoms with van der Waals surface area (Å²) < 4.78 is 27.3. The molecule has 3 N–H and O–H groups in total. The molecular formula is C24H27F2N3O. The predicted molar refractivity (Wildman–Crippen MR) is 115 cm³/mol. The number of H-pyrrole nitrogens is 1. The lowest BCUT2D eigenvalue weighted by molar-refractivity contribution is -0.133. The van der Waals surface area contributed by atoms with Gasteiger partial charge in [0.2, 0.25) is 5.91 Å². The minimum absolute atomic E-state index is 0.118. The molecule has 1 amide bonds. The maximum atomic E-state index is 13.9. The van der Waals surface area contributed by atoms with Gasteiger partial charge in [0.05, 0.1) is 0 Å². The van der Waals surface area contributed by atoms with Crippen LogP contribution in [0.25, 0.3) is 22.2 Å². The van der Waals surface area contributed by atoms with Gasteiger partial charge in [0.15, 0.2) is 0 Å². The van der Waals surface area contributed by atoms with Gasteiger partial charge in [0, 0.05) is 36.1 Å². The molecule has 2 aromatic carbocycles. The SMILES string of the molecule is NCCC1CCCN(C(=O)CCc2c(-c3ccc(F)cc3)[nH]c3ccc(F)cc23)C1. The Hall–Kier alpha value is -2.73. The number of aryl methyl sites for hydroxylation is 1. The number of carbonyl (C=O) groups is 1. The van der Waals surface area contributed by atoms with E-state index in [9.17, 15) is 13.6 Å². The molecule has 3 aromatic rings. The van der Waals surface area contributed by atoms with Crippen LogP contribution in [0.4, 0.5) is 8.78 Å². The van der Waals surface area contributed by atoms with Gasteiger partial charge in [-0.3, -0.25) is 4.79 Å². The zero-order chi connectivity index (χ0) is 21.1. The molecular weight excluding hydrogens is 384 g/mol. The van der Waals surface area contributed by atoms with Crippen LogP contribution in [0.15, 0.2) is 42.5 Å². The van der Waals surface area contributed by atoms with E-state index in [0.717, 1.165) is 60.1 Å². The third kappa shape index (κ3) is 4.38. The van der Waals surface area contributed by atoms with Crippen LogP contribution in [0.5, 0.6) is 0 Å². The van der Waals surface area contributed by atoms with Gasteiger partial charge in [-0.15, -0.1) is 0 Å². The normalized spacial score (nSPS) is 16.9. The van der Waals surface area contributed by atoms with E-state index >= 15 is 0 Å². The van der Waals surface area contributed by atoms with Crippen molar-refractivity contribution >= 4 is 16.8 Å². The average molecular weight is 411 g/mol. The monoisotopic (exact) mass is 411 g/mol. The first kappa shape index (κ1) is 20.5. The van der Waals surface area contributed by atoms with Gasteiger partial charge >= 0.3 is 0 Å². The standard InChI is InChI=1S/C24H27F2N3O/c25-18-5-3-17(4-6-18)24-20(21-14-19(26)7-9-22(21)28-24)8-10-23(30)29-13-1-2-16(15-29)11-12-27/h3-7,9,14,16,28H,1-2,8,10-13,15,27H2. The molecule has 0 aliphatic carbocycles. The average Bonchev–Trinajstić information content (AvgIpc) is 3.10. The van der Waals surface area contributed by atoms with Crippen LogP contribution >= 0.6 is 0 Å². The molecule has 1 unspecified atom stereocenters. The lowest BCUT2D eigenvalue weighted by Gasteiger charge is -2.32. The summed E-state index contributed by atoms with van der Waals surface area (Å²) in [4.78, 5) is 18.2. The molecule has 30 heavy (non-hydrogen) atoms. The Labute approximate surface area is 175 Å². The van der Waals surface area contributed by atoms with Gasteiger partial charge in [-0.1, -0.05) is 0 Å². The van der Waals surface area contributed by atoms with Crippen molar-refractivity contribution in [2.75, 3.05) is 19.6 Å². The molecule has 158 valence electrons. The molecule has 1 atom stereocenters. The van der Waals surface area contributed by atoms with Gasteiger partial charge in [0.1, 0.15) is 11.6 Å². The second-order valence-electron chi connectivity index (χ2n) is 8.10. The molecule has 1 aliphatic heterocycles. The number of rotatable bonds is 6. The zero-order valence-corrected chi connectivity index (χ0v) is 17.0. The van der Waals surface area contributed by atoms with Gasteiger partial charge in [-0.25, -0.2) is 8.78 Å². The molecule has 1 saturated heterocycles. The number of hydrogen-bond acceptors (Lipinski definition) is 2. The summed E-state index contributed by atoms with van der Waals surface area (Å²) in [5.74, 6) is -0.0349. The van der Waals surface area contributed by atoms with Crippen molar-refractivity contribution in [1.82, 2.24) is 9.88 Å².